The van der Waals surface area contributed by atoms with E-state index in [4.69, 9.17) is 16.3 Å². The molecule has 1 aromatic heterocycles. The number of ether oxygens (including phenoxy) is 1. The molecule has 0 unspecified atom stereocenters. The van der Waals surface area contributed by atoms with E-state index in [2.05, 4.69) is 20.9 Å². The number of benzene rings is 1. The van der Waals surface area contributed by atoms with E-state index in [1.54, 1.807) is 12.3 Å². The van der Waals surface area contributed by atoms with Gasteiger partial charge in [-0.3, -0.25) is 4.98 Å². The Kier molecular flexibility index (Phi) is 3.80. The summed E-state index contributed by atoms with van der Waals surface area (Å²) in [6.45, 7) is 0.419. The second-order valence-electron chi connectivity index (χ2n) is 3.18. The largest absolute Gasteiger partial charge is 0.486 e. The standard InChI is InChI=1S/C12H9BrClNO/c13-9-4-5-12(11(14)7-9)16-8-10-3-1-2-6-15-10/h1-7H,8H2. The summed E-state index contributed by atoms with van der Waals surface area (Å²) >= 11 is 9.36. The third-order valence-electron chi connectivity index (χ3n) is 2.00. The van der Waals surface area contributed by atoms with Crippen LogP contribution in [0.4, 0.5) is 0 Å². The highest BCUT2D eigenvalue weighted by Crippen LogP contribution is 2.28. The van der Waals surface area contributed by atoms with E-state index < -0.39 is 0 Å². The second-order valence-corrected chi connectivity index (χ2v) is 4.51. The molecule has 0 fully saturated rings. The van der Waals surface area contributed by atoms with E-state index in [0.717, 1.165) is 10.2 Å². The van der Waals surface area contributed by atoms with E-state index in [0.29, 0.717) is 17.4 Å². The third-order valence-corrected chi connectivity index (χ3v) is 2.78. The summed E-state index contributed by atoms with van der Waals surface area (Å²) in [6.07, 6.45) is 1.74. The molecular weight excluding hydrogens is 289 g/mol. The lowest BCUT2D eigenvalue weighted by Crippen LogP contribution is -1.97. The Balaban J connectivity index is 2.05. The van der Waals surface area contributed by atoms with E-state index >= 15 is 0 Å². The molecule has 2 nitrogen and oxygen atoms in total. The van der Waals surface area contributed by atoms with Crippen LogP contribution in [-0.2, 0) is 6.61 Å². The first-order chi connectivity index (χ1) is 7.75. The highest BCUT2D eigenvalue weighted by Gasteiger charge is 2.02. The molecule has 16 heavy (non-hydrogen) atoms. The molecule has 82 valence electrons. The first-order valence-electron chi connectivity index (χ1n) is 4.73. The number of hydrogen-bond donors (Lipinski definition) is 0. The molecule has 0 bridgehead atoms. The molecule has 2 aromatic rings. The number of hydrogen-bond acceptors (Lipinski definition) is 2. The van der Waals surface area contributed by atoms with Crippen molar-refractivity contribution in [1.29, 1.82) is 0 Å². The number of aromatic nitrogens is 1. The van der Waals surface area contributed by atoms with Gasteiger partial charge in [0.05, 0.1) is 10.7 Å². The van der Waals surface area contributed by atoms with E-state index in [1.807, 2.05) is 30.3 Å². The van der Waals surface area contributed by atoms with Gasteiger partial charge in [-0.1, -0.05) is 33.6 Å². The Morgan fingerprint density at radius 1 is 1.25 bits per heavy atom. The van der Waals surface area contributed by atoms with Crippen molar-refractivity contribution < 1.29 is 4.74 Å². The summed E-state index contributed by atoms with van der Waals surface area (Å²) in [7, 11) is 0. The lowest BCUT2D eigenvalue weighted by atomic mass is 10.3. The summed E-state index contributed by atoms with van der Waals surface area (Å²) in [6, 6.07) is 11.2. The van der Waals surface area contributed by atoms with Crippen LogP contribution in [0.15, 0.2) is 47.1 Å². The van der Waals surface area contributed by atoms with Crippen molar-refractivity contribution in [3.8, 4) is 5.75 Å². The van der Waals surface area contributed by atoms with Crippen molar-refractivity contribution in [3.05, 3.63) is 57.8 Å². The minimum Gasteiger partial charge on any atom is -0.486 e. The predicted molar refractivity (Wildman–Crippen MR) is 67.7 cm³/mol. The molecule has 0 amide bonds. The highest BCUT2D eigenvalue weighted by atomic mass is 79.9. The van der Waals surface area contributed by atoms with Crippen LogP contribution in [0.5, 0.6) is 5.75 Å². The maximum Gasteiger partial charge on any atom is 0.138 e. The van der Waals surface area contributed by atoms with Gasteiger partial charge in [0.2, 0.25) is 0 Å². The normalized spacial score (nSPS) is 10.1. The average molecular weight is 299 g/mol. The van der Waals surface area contributed by atoms with Gasteiger partial charge < -0.3 is 4.74 Å². The third kappa shape index (κ3) is 2.97. The molecule has 0 N–H and O–H groups in total. The summed E-state index contributed by atoms with van der Waals surface area (Å²) in [5.74, 6) is 0.663. The summed E-state index contributed by atoms with van der Waals surface area (Å²) < 4.78 is 6.50. The monoisotopic (exact) mass is 297 g/mol. The van der Waals surface area contributed by atoms with Crippen molar-refractivity contribution in [2.24, 2.45) is 0 Å². The van der Waals surface area contributed by atoms with Gasteiger partial charge in [0.15, 0.2) is 0 Å². The molecule has 0 spiro atoms. The van der Waals surface area contributed by atoms with Gasteiger partial charge in [0.25, 0.3) is 0 Å². The fourth-order valence-electron chi connectivity index (χ4n) is 1.23. The van der Waals surface area contributed by atoms with E-state index in [-0.39, 0.29) is 0 Å². The van der Waals surface area contributed by atoms with Crippen LogP contribution in [0.2, 0.25) is 5.02 Å². The van der Waals surface area contributed by atoms with Crippen LogP contribution in [0.1, 0.15) is 5.69 Å². The van der Waals surface area contributed by atoms with E-state index in [1.165, 1.54) is 0 Å². The Bertz CT molecular complexity index is 476. The lowest BCUT2D eigenvalue weighted by Gasteiger charge is -2.07. The van der Waals surface area contributed by atoms with Crippen LogP contribution in [0, 0.1) is 0 Å². The Morgan fingerprint density at radius 2 is 2.12 bits per heavy atom. The van der Waals surface area contributed by atoms with Crippen LogP contribution >= 0.6 is 27.5 Å². The van der Waals surface area contributed by atoms with Crippen LogP contribution in [-0.4, -0.2) is 4.98 Å². The minimum atomic E-state index is 0.419. The number of nitrogens with zero attached hydrogens (tertiary/aromatic N) is 1. The summed E-state index contributed by atoms with van der Waals surface area (Å²) in [4.78, 5) is 4.16. The van der Waals surface area contributed by atoms with Crippen molar-refractivity contribution in [2.75, 3.05) is 0 Å². The molecular formula is C12H9BrClNO. The fraction of sp³-hybridized carbons (Fsp3) is 0.0833. The first-order valence-corrected chi connectivity index (χ1v) is 5.90. The SMILES string of the molecule is Clc1cc(Br)ccc1OCc1ccccn1. The van der Waals surface area contributed by atoms with Gasteiger partial charge in [0.1, 0.15) is 12.4 Å². The quantitative estimate of drug-likeness (QED) is 0.852. The van der Waals surface area contributed by atoms with Gasteiger partial charge in [-0.15, -0.1) is 0 Å². The molecule has 4 heteroatoms. The molecule has 0 saturated carbocycles. The van der Waals surface area contributed by atoms with Gasteiger partial charge in [-0.2, -0.15) is 0 Å². The smallest absolute Gasteiger partial charge is 0.138 e. The van der Waals surface area contributed by atoms with E-state index in [9.17, 15) is 0 Å². The topological polar surface area (TPSA) is 22.1 Å². The number of pyridine rings is 1. The first kappa shape index (κ1) is 11.4. The Labute approximate surface area is 107 Å². The number of rotatable bonds is 3. The number of halogens is 2. The molecule has 1 aromatic carbocycles. The molecule has 1 heterocycles. The highest BCUT2D eigenvalue weighted by molar-refractivity contribution is 9.10. The fourth-order valence-corrected chi connectivity index (χ4v) is 1.96. The molecule has 0 saturated heterocycles. The Morgan fingerprint density at radius 3 is 2.81 bits per heavy atom. The minimum absolute atomic E-state index is 0.419. The molecule has 0 atom stereocenters. The van der Waals surface area contributed by atoms with Crippen molar-refractivity contribution in [1.82, 2.24) is 4.98 Å². The van der Waals surface area contributed by atoms with Gasteiger partial charge in [-0.25, -0.2) is 0 Å². The van der Waals surface area contributed by atoms with Gasteiger partial charge in [0, 0.05) is 10.7 Å². The van der Waals surface area contributed by atoms with Gasteiger partial charge in [-0.05, 0) is 30.3 Å². The molecule has 0 aliphatic heterocycles. The van der Waals surface area contributed by atoms with Crippen LogP contribution in [0.25, 0.3) is 0 Å². The van der Waals surface area contributed by atoms with Crippen molar-refractivity contribution in [2.45, 2.75) is 6.61 Å². The predicted octanol–water partition coefficient (Wildman–Crippen LogP) is 4.08. The molecule has 0 aliphatic rings. The van der Waals surface area contributed by atoms with Crippen LogP contribution < -0.4 is 4.74 Å². The van der Waals surface area contributed by atoms with Crippen LogP contribution in [0.3, 0.4) is 0 Å². The maximum atomic E-state index is 6.02. The second kappa shape index (κ2) is 5.32. The summed E-state index contributed by atoms with van der Waals surface area (Å²) in [5, 5.41) is 0.588. The maximum absolute atomic E-state index is 6.02. The molecule has 2 rings (SSSR count). The zero-order valence-electron chi connectivity index (χ0n) is 8.36. The zero-order valence-corrected chi connectivity index (χ0v) is 10.7. The zero-order chi connectivity index (χ0) is 11.4. The van der Waals surface area contributed by atoms with Gasteiger partial charge >= 0.3 is 0 Å². The summed E-state index contributed by atoms with van der Waals surface area (Å²) in [5.41, 5.74) is 0.876. The molecule has 0 aliphatic carbocycles. The lowest BCUT2D eigenvalue weighted by molar-refractivity contribution is 0.301. The van der Waals surface area contributed by atoms with Crippen molar-refractivity contribution >= 4 is 27.5 Å². The van der Waals surface area contributed by atoms with Crippen molar-refractivity contribution in [3.63, 3.8) is 0 Å². The average Bonchev–Trinajstić information content (AvgIpc) is 2.29. The Hall–Kier alpha value is -1.06. The molecule has 0 radical (unpaired) electrons.